The highest BCUT2D eigenvalue weighted by Gasteiger charge is 2.19. The van der Waals surface area contributed by atoms with E-state index in [9.17, 15) is 5.11 Å². The van der Waals surface area contributed by atoms with Crippen LogP contribution in [0, 0.1) is 0 Å². The summed E-state index contributed by atoms with van der Waals surface area (Å²) < 4.78 is 1.80. The van der Waals surface area contributed by atoms with Crippen LogP contribution < -0.4 is 0 Å². The van der Waals surface area contributed by atoms with Crippen LogP contribution in [0.5, 0.6) is 0 Å². The average Bonchev–Trinajstić information content (AvgIpc) is 2.60. The van der Waals surface area contributed by atoms with Crippen LogP contribution in [-0.4, -0.2) is 26.4 Å². The minimum atomic E-state index is -0.517. The van der Waals surface area contributed by atoms with Crippen LogP contribution in [0.2, 0.25) is 5.02 Å². The summed E-state index contributed by atoms with van der Waals surface area (Å²) >= 11 is 7.87. The molecular weight excluding hydrogens is 244 g/mol. The van der Waals surface area contributed by atoms with Crippen LogP contribution in [0.15, 0.2) is 6.20 Å². The summed E-state index contributed by atoms with van der Waals surface area (Å²) in [5.41, 5.74) is 0.744. The monoisotopic (exact) mass is 262 g/mol. The molecule has 0 radical (unpaired) electrons. The number of halogens is 1. The molecule has 92 valence electrons. The summed E-state index contributed by atoms with van der Waals surface area (Å²) in [6.07, 6.45) is 1.81. The SMILES string of the molecule is CCSCCC(O)c1c(Cl)cnn1C(C)C. The molecule has 0 aromatic carbocycles. The molecule has 16 heavy (non-hydrogen) atoms. The van der Waals surface area contributed by atoms with Crippen LogP contribution in [0.4, 0.5) is 0 Å². The van der Waals surface area contributed by atoms with Crippen molar-refractivity contribution in [2.45, 2.75) is 39.3 Å². The molecule has 0 aliphatic carbocycles. The fourth-order valence-electron chi connectivity index (χ4n) is 1.55. The fourth-order valence-corrected chi connectivity index (χ4v) is 2.48. The minimum Gasteiger partial charge on any atom is -0.387 e. The summed E-state index contributed by atoms with van der Waals surface area (Å²) in [6.45, 7) is 6.17. The molecule has 1 aromatic heterocycles. The molecular formula is C11H19ClN2OS. The van der Waals surface area contributed by atoms with Crippen molar-refractivity contribution in [2.75, 3.05) is 11.5 Å². The van der Waals surface area contributed by atoms with Gasteiger partial charge in [0.1, 0.15) is 0 Å². The van der Waals surface area contributed by atoms with Crippen molar-refractivity contribution < 1.29 is 5.11 Å². The van der Waals surface area contributed by atoms with E-state index in [0.29, 0.717) is 5.02 Å². The Kier molecular flexibility index (Phi) is 5.66. The van der Waals surface area contributed by atoms with Gasteiger partial charge in [0, 0.05) is 6.04 Å². The van der Waals surface area contributed by atoms with E-state index in [1.54, 1.807) is 10.9 Å². The molecule has 5 heteroatoms. The lowest BCUT2D eigenvalue weighted by Crippen LogP contribution is -2.12. The third kappa shape index (κ3) is 3.40. The normalized spacial score (nSPS) is 13.4. The number of hydrogen-bond donors (Lipinski definition) is 1. The maximum Gasteiger partial charge on any atom is 0.0979 e. The van der Waals surface area contributed by atoms with E-state index in [1.165, 1.54) is 0 Å². The van der Waals surface area contributed by atoms with Crippen LogP contribution in [0.3, 0.4) is 0 Å². The van der Waals surface area contributed by atoms with Gasteiger partial charge in [0.2, 0.25) is 0 Å². The molecule has 1 heterocycles. The van der Waals surface area contributed by atoms with Crippen molar-refractivity contribution in [1.29, 1.82) is 0 Å². The highest BCUT2D eigenvalue weighted by Crippen LogP contribution is 2.28. The zero-order valence-corrected chi connectivity index (χ0v) is 11.6. The van der Waals surface area contributed by atoms with Gasteiger partial charge in [-0.3, -0.25) is 4.68 Å². The van der Waals surface area contributed by atoms with Gasteiger partial charge in [-0.25, -0.2) is 0 Å². The van der Waals surface area contributed by atoms with Gasteiger partial charge in [-0.05, 0) is 31.8 Å². The highest BCUT2D eigenvalue weighted by molar-refractivity contribution is 7.99. The molecule has 0 saturated heterocycles. The van der Waals surface area contributed by atoms with E-state index >= 15 is 0 Å². The third-order valence-electron chi connectivity index (χ3n) is 2.33. The lowest BCUT2D eigenvalue weighted by Gasteiger charge is -2.16. The van der Waals surface area contributed by atoms with Gasteiger partial charge in [0.15, 0.2) is 0 Å². The van der Waals surface area contributed by atoms with Crippen LogP contribution in [0.1, 0.15) is 45.0 Å². The number of aliphatic hydroxyl groups excluding tert-OH is 1. The largest absolute Gasteiger partial charge is 0.387 e. The van der Waals surface area contributed by atoms with E-state index < -0.39 is 6.10 Å². The van der Waals surface area contributed by atoms with E-state index in [0.717, 1.165) is 23.6 Å². The number of thioether (sulfide) groups is 1. The Balaban J connectivity index is 2.73. The second-order valence-electron chi connectivity index (χ2n) is 3.92. The summed E-state index contributed by atoms with van der Waals surface area (Å²) in [6, 6.07) is 0.218. The predicted octanol–water partition coefficient (Wildman–Crippen LogP) is 3.29. The molecule has 0 bridgehead atoms. The zero-order valence-electron chi connectivity index (χ0n) is 9.98. The summed E-state index contributed by atoms with van der Waals surface area (Å²) in [7, 11) is 0. The van der Waals surface area contributed by atoms with Gasteiger partial charge < -0.3 is 5.11 Å². The van der Waals surface area contributed by atoms with E-state index in [-0.39, 0.29) is 6.04 Å². The first-order chi connectivity index (χ1) is 7.57. The smallest absolute Gasteiger partial charge is 0.0979 e. The number of hydrogen-bond acceptors (Lipinski definition) is 3. The third-order valence-corrected chi connectivity index (χ3v) is 3.56. The summed E-state index contributed by atoms with van der Waals surface area (Å²) in [5.74, 6) is 2.02. The highest BCUT2D eigenvalue weighted by atomic mass is 35.5. The topological polar surface area (TPSA) is 38.1 Å². The number of rotatable bonds is 6. The van der Waals surface area contributed by atoms with Crippen molar-refractivity contribution in [3.8, 4) is 0 Å². The van der Waals surface area contributed by atoms with Crippen LogP contribution in [-0.2, 0) is 0 Å². The van der Waals surface area contributed by atoms with E-state index in [2.05, 4.69) is 12.0 Å². The molecule has 0 saturated carbocycles. The molecule has 0 aliphatic heterocycles. The van der Waals surface area contributed by atoms with Gasteiger partial charge in [0.25, 0.3) is 0 Å². The molecule has 1 atom stereocenters. The Morgan fingerprint density at radius 3 is 2.81 bits per heavy atom. The zero-order chi connectivity index (χ0) is 12.1. The van der Waals surface area contributed by atoms with Crippen LogP contribution >= 0.6 is 23.4 Å². The Labute approximate surface area is 106 Å². The Morgan fingerprint density at radius 2 is 2.25 bits per heavy atom. The number of aromatic nitrogens is 2. The van der Waals surface area contributed by atoms with Crippen molar-refractivity contribution >= 4 is 23.4 Å². The molecule has 0 spiro atoms. The van der Waals surface area contributed by atoms with Crippen molar-refractivity contribution in [1.82, 2.24) is 9.78 Å². The Hall–Kier alpha value is -0.190. The lowest BCUT2D eigenvalue weighted by molar-refractivity contribution is 0.161. The maximum atomic E-state index is 10.1. The van der Waals surface area contributed by atoms with Crippen molar-refractivity contribution in [3.63, 3.8) is 0 Å². The van der Waals surface area contributed by atoms with Gasteiger partial charge in [-0.1, -0.05) is 18.5 Å². The lowest BCUT2D eigenvalue weighted by atomic mass is 10.2. The predicted molar refractivity (Wildman–Crippen MR) is 70.2 cm³/mol. The van der Waals surface area contributed by atoms with Crippen LogP contribution in [0.25, 0.3) is 0 Å². The first-order valence-corrected chi connectivity index (χ1v) is 7.09. The minimum absolute atomic E-state index is 0.218. The molecule has 0 amide bonds. The second kappa shape index (κ2) is 6.52. The van der Waals surface area contributed by atoms with Crippen molar-refractivity contribution in [2.24, 2.45) is 0 Å². The maximum absolute atomic E-state index is 10.1. The molecule has 1 unspecified atom stereocenters. The van der Waals surface area contributed by atoms with Gasteiger partial charge in [0.05, 0.1) is 23.0 Å². The number of nitrogens with zero attached hydrogens (tertiary/aromatic N) is 2. The quantitative estimate of drug-likeness (QED) is 0.800. The average molecular weight is 263 g/mol. The molecule has 1 rings (SSSR count). The molecule has 0 aliphatic rings. The van der Waals surface area contributed by atoms with Gasteiger partial charge in [-0.15, -0.1) is 0 Å². The molecule has 3 nitrogen and oxygen atoms in total. The van der Waals surface area contributed by atoms with E-state index in [1.807, 2.05) is 25.6 Å². The van der Waals surface area contributed by atoms with Crippen molar-refractivity contribution in [3.05, 3.63) is 16.9 Å². The molecule has 1 N–H and O–H groups in total. The first kappa shape index (κ1) is 13.9. The van der Waals surface area contributed by atoms with Gasteiger partial charge >= 0.3 is 0 Å². The summed E-state index contributed by atoms with van der Waals surface area (Å²) in [5, 5.41) is 14.8. The fraction of sp³-hybridized carbons (Fsp3) is 0.727. The summed E-state index contributed by atoms with van der Waals surface area (Å²) in [4.78, 5) is 0. The first-order valence-electron chi connectivity index (χ1n) is 5.56. The molecule has 0 fully saturated rings. The Morgan fingerprint density at radius 1 is 1.56 bits per heavy atom. The Bertz CT molecular complexity index is 328. The second-order valence-corrected chi connectivity index (χ2v) is 5.72. The standard InChI is InChI=1S/C11H19ClN2OS/c1-4-16-6-5-10(15)11-9(12)7-13-14(11)8(2)3/h7-8,10,15H,4-6H2,1-3H3. The molecule has 1 aromatic rings. The van der Waals surface area contributed by atoms with Gasteiger partial charge in [-0.2, -0.15) is 16.9 Å². The van der Waals surface area contributed by atoms with E-state index in [4.69, 9.17) is 11.6 Å². The number of aliphatic hydroxyl groups is 1.